The van der Waals surface area contributed by atoms with E-state index in [1.54, 1.807) is 0 Å². The summed E-state index contributed by atoms with van der Waals surface area (Å²) in [6, 6.07) is 9.91. The van der Waals surface area contributed by atoms with Gasteiger partial charge in [0, 0.05) is 13.5 Å². The van der Waals surface area contributed by atoms with Crippen LogP contribution in [0.15, 0.2) is 41.3 Å². The molecule has 0 amide bonds. The van der Waals surface area contributed by atoms with Gasteiger partial charge in [-0.3, -0.25) is 0 Å². The van der Waals surface area contributed by atoms with Crippen LogP contribution in [0.5, 0.6) is 5.75 Å². The Balaban J connectivity index is 1.80. The summed E-state index contributed by atoms with van der Waals surface area (Å²) in [5.74, 6) is 0.250. The number of aryl methyl sites for hydroxylation is 1. The monoisotopic (exact) mass is 369 g/mol. The van der Waals surface area contributed by atoms with Crippen molar-refractivity contribution in [2.45, 2.75) is 24.3 Å². The minimum absolute atomic E-state index is 0.0962. The number of rotatable bonds is 4. The number of likely N-dealkylation sites (N-methyl/N-ethyl adjacent to an activating group) is 1. The highest BCUT2D eigenvalue weighted by Crippen LogP contribution is 2.30. The maximum atomic E-state index is 13.5. The molecule has 1 unspecified atom stereocenters. The molecule has 0 saturated heterocycles. The van der Waals surface area contributed by atoms with Crippen molar-refractivity contribution in [3.05, 3.63) is 58.4 Å². The maximum absolute atomic E-state index is 13.5. The van der Waals surface area contributed by atoms with Gasteiger partial charge in [0.1, 0.15) is 22.6 Å². The number of ether oxygens (including phenoxy) is 1. The molecule has 0 aliphatic carbocycles. The molecule has 1 atom stereocenters. The zero-order valence-electron chi connectivity index (χ0n) is 13.3. The molecular formula is C17H17ClFNO3S. The molecule has 0 saturated carbocycles. The van der Waals surface area contributed by atoms with Gasteiger partial charge in [0.25, 0.3) is 0 Å². The van der Waals surface area contributed by atoms with Crippen LogP contribution in [0.3, 0.4) is 0 Å². The number of fused-ring (bicyclic) bond motifs is 1. The summed E-state index contributed by atoms with van der Waals surface area (Å²) in [5.41, 5.74) is 1.29. The molecule has 1 aliphatic heterocycles. The molecule has 2 aromatic rings. The minimum atomic E-state index is -3.83. The summed E-state index contributed by atoms with van der Waals surface area (Å²) in [4.78, 5) is -0.0962. The van der Waals surface area contributed by atoms with E-state index in [4.69, 9.17) is 16.3 Å². The van der Waals surface area contributed by atoms with Gasteiger partial charge in [-0.25, -0.2) is 12.8 Å². The van der Waals surface area contributed by atoms with E-state index in [1.807, 2.05) is 24.3 Å². The molecule has 4 nitrogen and oxygen atoms in total. The molecule has 0 radical (unpaired) electrons. The zero-order valence-corrected chi connectivity index (χ0v) is 14.9. The highest BCUT2D eigenvalue weighted by atomic mass is 35.5. The molecule has 0 N–H and O–H groups in total. The van der Waals surface area contributed by atoms with Crippen molar-refractivity contribution < 1.29 is 17.5 Å². The van der Waals surface area contributed by atoms with Crippen LogP contribution in [-0.4, -0.2) is 32.4 Å². The third kappa shape index (κ3) is 3.14. The van der Waals surface area contributed by atoms with E-state index < -0.39 is 15.8 Å². The first-order valence-corrected chi connectivity index (χ1v) is 9.27. The molecule has 0 fully saturated rings. The normalized spacial score (nSPS) is 17.0. The minimum Gasteiger partial charge on any atom is -0.488 e. The van der Waals surface area contributed by atoms with Crippen molar-refractivity contribution in [3.63, 3.8) is 0 Å². The van der Waals surface area contributed by atoms with Crippen LogP contribution < -0.4 is 4.74 Å². The topological polar surface area (TPSA) is 46.6 Å². The summed E-state index contributed by atoms with van der Waals surface area (Å²) in [6.45, 7) is 1.69. The lowest BCUT2D eigenvalue weighted by atomic mass is 10.1. The Hall–Kier alpha value is -1.63. The Bertz CT molecular complexity index is 860. The van der Waals surface area contributed by atoms with Gasteiger partial charge in [-0.15, -0.1) is 0 Å². The third-order valence-electron chi connectivity index (χ3n) is 4.08. The molecular weight excluding hydrogens is 353 g/mol. The second-order valence-corrected chi connectivity index (χ2v) is 8.29. The SMILES string of the molecule is Cc1cc(S(=O)(=O)N(C)CC2Cc3ccccc3O2)c(Cl)cc1F. The number of para-hydroxylation sites is 1. The number of sulfonamides is 1. The molecule has 3 rings (SSSR count). The first kappa shape index (κ1) is 17.2. The van der Waals surface area contributed by atoms with Crippen molar-refractivity contribution in [2.24, 2.45) is 0 Å². The highest BCUT2D eigenvalue weighted by Gasteiger charge is 2.30. The fourth-order valence-electron chi connectivity index (χ4n) is 2.74. The Labute approximate surface area is 145 Å². The van der Waals surface area contributed by atoms with Crippen molar-refractivity contribution in [3.8, 4) is 5.75 Å². The number of benzene rings is 2. The predicted molar refractivity (Wildman–Crippen MR) is 90.5 cm³/mol. The summed E-state index contributed by atoms with van der Waals surface area (Å²) < 4.78 is 46.0. The van der Waals surface area contributed by atoms with E-state index in [0.717, 1.165) is 17.4 Å². The van der Waals surface area contributed by atoms with Gasteiger partial charge >= 0.3 is 0 Å². The Morgan fingerprint density at radius 3 is 2.75 bits per heavy atom. The predicted octanol–water partition coefficient (Wildman–Crippen LogP) is 3.41. The molecule has 0 bridgehead atoms. The number of hydrogen-bond acceptors (Lipinski definition) is 3. The van der Waals surface area contributed by atoms with Gasteiger partial charge < -0.3 is 4.74 Å². The van der Waals surface area contributed by atoms with Crippen molar-refractivity contribution in [1.29, 1.82) is 0 Å². The summed E-state index contributed by atoms with van der Waals surface area (Å²) in [7, 11) is -2.36. The summed E-state index contributed by atoms with van der Waals surface area (Å²) >= 11 is 5.94. The van der Waals surface area contributed by atoms with Gasteiger partial charge in [0.15, 0.2) is 0 Å². The molecule has 0 spiro atoms. The van der Waals surface area contributed by atoms with Gasteiger partial charge in [0.05, 0.1) is 11.6 Å². The number of halogens is 2. The fourth-order valence-corrected chi connectivity index (χ4v) is 4.51. The third-order valence-corrected chi connectivity index (χ3v) is 6.36. The number of hydrogen-bond donors (Lipinski definition) is 0. The van der Waals surface area contributed by atoms with Crippen molar-refractivity contribution in [1.82, 2.24) is 4.31 Å². The molecule has 24 heavy (non-hydrogen) atoms. The van der Waals surface area contributed by atoms with E-state index in [0.29, 0.717) is 6.42 Å². The van der Waals surface area contributed by atoms with Gasteiger partial charge in [-0.1, -0.05) is 29.8 Å². The Kier molecular flexibility index (Phi) is 4.55. The molecule has 7 heteroatoms. The van der Waals surface area contributed by atoms with Crippen LogP contribution in [0.25, 0.3) is 0 Å². The van der Waals surface area contributed by atoms with Crippen LogP contribution in [0, 0.1) is 12.7 Å². The van der Waals surface area contributed by atoms with E-state index in [9.17, 15) is 12.8 Å². The standard InChI is InChI=1S/C17H17ClFNO3S/c1-11-7-17(14(18)9-15(11)19)24(21,22)20(2)10-13-8-12-5-3-4-6-16(12)23-13/h3-7,9,13H,8,10H2,1-2H3. The lowest BCUT2D eigenvalue weighted by Crippen LogP contribution is -2.36. The van der Waals surface area contributed by atoms with Crippen LogP contribution in [0.2, 0.25) is 5.02 Å². The maximum Gasteiger partial charge on any atom is 0.244 e. The van der Waals surface area contributed by atoms with E-state index in [1.165, 1.54) is 24.3 Å². The second kappa shape index (κ2) is 6.35. The van der Waals surface area contributed by atoms with E-state index in [-0.39, 0.29) is 28.1 Å². The zero-order chi connectivity index (χ0) is 17.5. The number of nitrogens with zero attached hydrogens (tertiary/aromatic N) is 1. The Morgan fingerprint density at radius 2 is 2.04 bits per heavy atom. The van der Waals surface area contributed by atoms with Crippen LogP contribution >= 0.6 is 11.6 Å². The lowest BCUT2D eigenvalue weighted by Gasteiger charge is -2.21. The molecule has 2 aromatic carbocycles. The first-order chi connectivity index (χ1) is 11.3. The summed E-state index contributed by atoms with van der Waals surface area (Å²) in [6.07, 6.45) is 0.383. The van der Waals surface area contributed by atoms with Gasteiger partial charge in [-0.2, -0.15) is 4.31 Å². The molecule has 1 aliphatic rings. The quantitative estimate of drug-likeness (QED) is 0.829. The average molecular weight is 370 g/mol. The first-order valence-electron chi connectivity index (χ1n) is 7.45. The Morgan fingerprint density at radius 1 is 1.33 bits per heavy atom. The average Bonchev–Trinajstić information content (AvgIpc) is 2.92. The van der Waals surface area contributed by atoms with Crippen LogP contribution in [0.1, 0.15) is 11.1 Å². The van der Waals surface area contributed by atoms with Gasteiger partial charge in [0.2, 0.25) is 10.0 Å². The van der Waals surface area contributed by atoms with E-state index >= 15 is 0 Å². The summed E-state index contributed by atoms with van der Waals surface area (Å²) in [5, 5.41) is -0.124. The van der Waals surface area contributed by atoms with Crippen LogP contribution in [0.4, 0.5) is 4.39 Å². The molecule has 0 aromatic heterocycles. The van der Waals surface area contributed by atoms with E-state index in [2.05, 4.69) is 0 Å². The molecule has 128 valence electrons. The smallest absolute Gasteiger partial charge is 0.244 e. The molecule has 1 heterocycles. The van der Waals surface area contributed by atoms with Crippen molar-refractivity contribution in [2.75, 3.05) is 13.6 Å². The highest BCUT2D eigenvalue weighted by molar-refractivity contribution is 7.89. The lowest BCUT2D eigenvalue weighted by molar-refractivity contribution is 0.204. The van der Waals surface area contributed by atoms with Gasteiger partial charge in [-0.05, 0) is 36.2 Å². The van der Waals surface area contributed by atoms with Crippen molar-refractivity contribution >= 4 is 21.6 Å². The largest absolute Gasteiger partial charge is 0.488 e. The fraction of sp³-hybridized carbons (Fsp3) is 0.294. The van der Waals surface area contributed by atoms with Crippen LogP contribution in [-0.2, 0) is 16.4 Å². The second-order valence-electron chi connectivity index (χ2n) is 5.87.